The van der Waals surface area contributed by atoms with Gasteiger partial charge in [0.1, 0.15) is 11.7 Å². The van der Waals surface area contributed by atoms with Crippen LogP contribution in [0.5, 0.6) is 5.75 Å². The predicted octanol–water partition coefficient (Wildman–Crippen LogP) is 2.07. The number of allylic oxidation sites excluding steroid dienone is 1. The molecule has 3 aliphatic carbocycles. The Labute approximate surface area is 185 Å². The lowest BCUT2D eigenvalue weighted by molar-refractivity contribution is -0.385. The fourth-order valence-electron chi connectivity index (χ4n) is 7.10. The molecule has 8 nitrogen and oxygen atoms in total. The molecule has 2 bridgehead atoms. The van der Waals surface area contributed by atoms with Crippen LogP contribution < -0.4 is 4.74 Å². The molecule has 2 N–H and O–H groups in total. The Morgan fingerprint density at radius 3 is 2.84 bits per heavy atom. The monoisotopic (exact) mass is 438 g/mol. The Kier molecular flexibility index (Phi) is 4.09. The summed E-state index contributed by atoms with van der Waals surface area (Å²) >= 11 is 0. The van der Waals surface area contributed by atoms with Crippen molar-refractivity contribution < 1.29 is 24.6 Å². The topological polar surface area (TPSA) is 105 Å². The van der Waals surface area contributed by atoms with Crippen LogP contribution in [0.2, 0.25) is 0 Å². The molecular weight excluding hydrogens is 412 g/mol. The summed E-state index contributed by atoms with van der Waals surface area (Å²) in [6.07, 6.45) is 7.05. The smallest absolute Gasteiger partial charge is 0.310 e. The molecule has 2 fully saturated rings. The van der Waals surface area contributed by atoms with Gasteiger partial charge in [-0.3, -0.25) is 10.1 Å². The van der Waals surface area contributed by atoms with Crippen molar-refractivity contribution in [2.75, 3.05) is 20.7 Å². The van der Waals surface area contributed by atoms with E-state index in [-0.39, 0.29) is 17.4 Å². The molecule has 0 saturated carbocycles. The molecule has 2 saturated heterocycles. The molecule has 0 amide bonds. The average Bonchev–Trinajstić information content (AvgIpc) is 3.11. The van der Waals surface area contributed by atoms with Crippen molar-refractivity contribution in [1.82, 2.24) is 4.90 Å². The molecular formula is C24H26N2O6. The summed E-state index contributed by atoms with van der Waals surface area (Å²) in [4.78, 5) is 13.4. The third kappa shape index (κ3) is 2.21. The number of likely N-dealkylation sites (tertiary alicyclic amines) is 1. The van der Waals surface area contributed by atoms with Crippen LogP contribution in [0, 0.1) is 21.4 Å². The first-order chi connectivity index (χ1) is 15.3. The van der Waals surface area contributed by atoms with Crippen molar-refractivity contribution in [3.05, 3.63) is 69.3 Å². The van der Waals surface area contributed by atoms with E-state index in [1.165, 1.54) is 13.2 Å². The first-order valence-corrected chi connectivity index (χ1v) is 11.0. The number of benzene rings is 1. The molecule has 2 unspecified atom stereocenters. The molecule has 2 heterocycles. The van der Waals surface area contributed by atoms with E-state index in [1.807, 2.05) is 12.2 Å². The van der Waals surface area contributed by atoms with Gasteiger partial charge in [-0.1, -0.05) is 24.3 Å². The lowest BCUT2D eigenvalue weighted by atomic mass is 9.50. The van der Waals surface area contributed by atoms with Gasteiger partial charge in [0.05, 0.1) is 24.2 Å². The van der Waals surface area contributed by atoms with Crippen molar-refractivity contribution in [3.8, 4) is 5.75 Å². The zero-order chi connectivity index (χ0) is 22.4. The summed E-state index contributed by atoms with van der Waals surface area (Å²) < 4.78 is 12.1. The first-order valence-electron chi connectivity index (χ1n) is 11.0. The highest BCUT2D eigenvalue weighted by Crippen LogP contribution is 2.69. The number of methoxy groups -OCH3 is 1. The number of nitrogens with zero attached hydrogens (tertiary/aromatic N) is 2. The first kappa shape index (κ1) is 20.1. The number of nitro groups is 1. The van der Waals surface area contributed by atoms with Crippen LogP contribution in [0.1, 0.15) is 18.4 Å². The molecule has 2 aliphatic heterocycles. The Balaban J connectivity index is 1.63. The number of hydrogen-bond donors (Lipinski definition) is 2. The molecule has 6 rings (SSSR count). The highest BCUT2D eigenvalue weighted by Gasteiger charge is 2.71. The van der Waals surface area contributed by atoms with E-state index in [1.54, 1.807) is 18.2 Å². The normalized spacial score (nSPS) is 41.6. The number of rotatable bonds is 3. The number of piperidine rings is 1. The SMILES string of the molecule is COc1cc(C23O[C@H]4[C@@H](O)C=C[C@H]5[C@H]6CC(=C2[C@]54CCN6C)C=CC3O)ccc1[N+](=O)[O-]. The minimum Gasteiger partial charge on any atom is -0.490 e. The Morgan fingerprint density at radius 2 is 2.09 bits per heavy atom. The predicted molar refractivity (Wildman–Crippen MR) is 115 cm³/mol. The fourth-order valence-corrected chi connectivity index (χ4v) is 7.10. The van der Waals surface area contributed by atoms with Gasteiger partial charge in [0.2, 0.25) is 0 Å². The molecule has 8 heteroatoms. The van der Waals surface area contributed by atoms with E-state index in [2.05, 4.69) is 18.0 Å². The molecule has 1 aromatic rings. The number of aliphatic hydroxyl groups excluding tert-OH is 2. The number of aliphatic hydroxyl groups is 2. The van der Waals surface area contributed by atoms with E-state index in [0.29, 0.717) is 11.6 Å². The summed E-state index contributed by atoms with van der Waals surface area (Å²) in [5.74, 6) is 0.281. The second kappa shape index (κ2) is 6.51. The molecule has 0 aromatic heterocycles. The van der Waals surface area contributed by atoms with Crippen molar-refractivity contribution >= 4 is 5.69 Å². The van der Waals surface area contributed by atoms with Crippen molar-refractivity contribution in [2.24, 2.45) is 11.3 Å². The quantitative estimate of drug-likeness (QED) is 0.423. The van der Waals surface area contributed by atoms with Gasteiger partial charge in [0.25, 0.3) is 0 Å². The van der Waals surface area contributed by atoms with E-state index < -0.39 is 34.3 Å². The van der Waals surface area contributed by atoms with Crippen LogP contribution in [0.4, 0.5) is 5.69 Å². The summed E-state index contributed by atoms with van der Waals surface area (Å²) in [5.41, 5.74) is 0.975. The molecule has 0 radical (unpaired) electrons. The van der Waals surface area contributed by atoms with E-state index in [9.17, 15) is 20.3 Å². The minimum absolute atomic E-state index is 0.119. The third-order valence-electron chi connectivity index (χ3n) is 8.39. The number of nitro benzene ring substituents is 1. The number of hydrogen-bond acceptors (Lipinski definition) is 7. The summed E-state index contributed by atoms with van der Waals surface area (Å²) in [6.45, 7) is 0.873. The maximum atomic E-state index is 11.5. The maximum absolute atomic E-state index is 11.5. The van der Waals surface area contributed by atoms with Gasteiger partial charge in [-0.05, 0) is 55.3 Å². The highest BCUT2D eigenvalue weighted by molar-refractivity contribution is 5.59. The van der Waals surface area contributed by atoms with Crippen LogP contribution >= 0.6 is 0 Å². The van der Waals surface area contributed by atoms with Crippen molar-refractivity contribution in [1.29, 1.82) is 0 Å². The molecule has 32 heavy (non-hydrogen) atoms. The van der Waals surface area contributed by atoms with Gasteiger partial charge in [-0.25, -0.2) is 0 Å². The van der Waals surface area contributed by atoms with Gasteiger partial charge >= 0.3 is 5.69 Å². The van der Waals surface area contributed by atoms with Gasteiger partial charge in [0.15, 0.2) is 5.75 Å². The zero-order valence-electron chi connectivity index (χ0n) is 18.0. The van der Waals surface area contributed by atoms with Crippen molar-refractivity contribution in [3.63, 3.8) is 0 Å². The molecule has 7 atom stereocenters. The lowest BCUT2D eigenvalue weighted by Crippen LogP contribution is -2.62. The Hall–Kier alpha value is -2.52. The van der Waals surface area contributed by atoms with E-state index in [4.69, 9.17) is 9.47 Å². The van der Waals surface area contributed by atoms with E-state index >= 15 is 0 Å². The van der Waals surface area contributed by atoms with E-state index in [0.717, 1.165) is 30.5 Å². The lowest BCUT2D eigenvalue weighted by Gasteiger charge is -2.58. The zero-order valence-corrected chi connectivity index (χ0v) is 18.0. The molecule has 1 spiro atoms. The van der Waals surface area contributed by atoms with Gasteiger partial charge in [0, 0.05) is 23.4 Å². The number of ether oxygens (including phenoxy) is 2. The average molecular weight is 438 g/mol. The minimum atomic E-state index is -1.22. The second-order valence-electron chi connectivity index (χ2n) is 9.57. The second-order valence-corrected chi connectivity index (χ2v) is 9.57. The van der Waals surface area contributed by atoms with Crippen LogP contribution in [0.3, 0.4) is 0 Å². The van der Waals surface area contributed by atoms with Crippen molar-refractivity contribution in [2.45, 2.75) is 42.8 Å². The highest BCUT2D eigenvalue weighted by atomic mass is 16.6. The van der Waals surface area contributed by atoms with Gasteiger partial charge < -0.3 is 24.6 Å². The molecule has 1 aromatic carbocycles. The van der Waals surface area contributed by atoms with Gasteiger partial charge in [-0.15, -0.1) is 0 Å². The van der Waals surface area contributed by atoms with Crippen LogP contribution in [-0.4, -0.2) is 65.1 Å². The summed E-state index contributed by atoms with van der Waals surface area (Å²) in [6, 6.07) is 4.95. The fraction of sp³-hybridized carbons (Fsp3) is 0.500. The van der Waals surface area contributed by atoms with Crippen LogP contribution in [0.25, 0.3) is 0 Å². The summed E-state index contributed by atoms with van der Waals surface area (Å²) in [5, 5.41) is 33.9. The molecule has 5 aliphatic rings. The third-order valence-corrected chi connectivity index (χ3v) is 8.39. The maximum Gasteiger partial charge on any atom is 0.310 e. The van der Waals surface area contributed by atoms with Crippen LogP contribution in [0.15, 0.2) is 53.6 Å². The Morgan fingerprint density at radius 1 is 1.28 bits per heavy atom. The summed E-state index contributed by atoms with van der Waals surface area (Å²) in [7, 11) is 3.54. The Bertz CT molecular complexity index is 1110. The molecule has 168 valence electrons. The van der Waals surface area contributed by atoms with Crippen LogP contribution in [-0.2, 0) is 10.3 Å². The standard InChI is InChI=1S/C24H26N2O6/c1-25-10-9-23-15-5-7-18(27)22(23)32-24(14-4-6-16(26(29)30)19(12-14)31-2)20(28)8-3-13(21(23)24)11-17(15)25/h3-8,12,15,17-18,20,22,27-28H,9-11H2,1-2H3/t15-,17+,18-,20?,22-,23-,24?/m0/s1. The van der Waals surface area contributed by atoms with Gasteiger partial charge in [-0.2, -0.15) is 0 Å². The largest absolute Gasteiger partial charge is 0.490 e.